The average Bonchev–Trinajstić information content (AvgIpc) is 3.60. The van der Waals surface area contributed by atoms with E-state index in [-0.39, 0.29) is 11.7 Å². The van der Waals surface area contributed by atoms with Crippen molar-refractivity contribution in [2.45, 2.75) is 24.0 Å². The highest BCUT2D eigenvalue weighted by Gasteiger charge is 2.15. The van der Waals surface area contributed by atoms with Gasteiger partial charge in [-0.15, -0.1) is 11.3 Å². The van der Waals surface area contributed by atoms with Crippen LogP contribution in [0.25, 0.3) is 11.2 Å². The summed E-state index contributed by atoms with van der Waals surface area (Å²) >= 11 is 3.18. The molecule has 3 N–H and O–H groups in total. The van der Waals surface area contributed by atoms with Crippen molar-refractivity contribution in [3.8, 4) is 0 Å². The van der Waals surface area contributed by atoms with Crippen LogP contribution >= 0.6 is 23.1 Å². The largest absolute Gasteiger partial charge is 0.473 e. The number of nitrogens with zero attached hydrogens (tertiary/aromatic N) is 3. The van der Waals surface area contributed by atoms with Gasteiger partial charge in [0.25, 0.3) is 5.91 Å². The molecule has 0 aliphatic carbocycles. The monoisotopic (exact) mass is 578 g/mol. The van der Waals surface area contributed by atoms with Gasteiger partial charge in [0.05, 0.1) is 13.1 Å². The van der Waals surface area contributed by atoms with Gasteiger partial charge in [-0.25, -0.2) is 23.9 Å². The maximum Gasteiger partial charge on any atom is 0.414 e. The zero-order chi connectivity index (χ0) is 28.5. The van der Waals surface area contributed by atoms with E-state index in [2.05, 4.69) is 10.3 Å². The molecule has 0 saturated carbocycles. The van der Waals surface area contributed by atoms with E-state index < -0.39 is 11.9 Å². The number of carbonyl (C=O) groups is 3. The third-order valence-corrected chi connectivity index (χ3v) is 7.45. The number of hydrogen-bond donors (Lipinski definition) is 3. The lowest BCUT2D eigenvalue weighted by Crippen LogP contribution is -2.22. The van der Waals surface area contributed by atoms with Crippen molar-refractivity contribution < 1.29 is 29.0 Å². The van der Waals surface area contributed by atoms with Crippen LogP contribution in [0.5, 0.6) is 0 Å². The maximum absolute atomic E-state index is 14.3. The molecule has 0 atom stereocenters. The minimum absolute atomic E-state index is 0.0923. The molecule has 0 aliphatic heterocycles. The Morgan fingerprint density at radius 1 is 0.950 bits per heavy atom. The van der Waals surface area contributed by atoms with E-state index in [4.69, 9.17) is 24.8 Å². The molecular formula is C28H23FN4O5S2. The Labute approximate surface area is 236 Å². The Hall–Kier alpha value is -4.55. The molecular weight excluding hydrogens is 555 g/mol. The van der Waals surface area contributed by atoms with Crippen molar-refractivity contribution >= 4 is 52.1 Å². The molecule has 40 heavy (non-hydrogen) atoms. The first-order chi connectivity index (χ1) is 19.3. The molecule has 0 spiro atoms. The third kappa shape index (κ3) is 7.52. The van der Waals surface area contributed by atoms with E-state index >= 15 is 0 Å². The van der Waals surface area contributed by atoms with Crippen molar-refractivity contribution in [1.82, 2.24) is 19.9 Å². The number of imidazole rings is 1. The van der Waals surface area contributed by atoms with Crippen LogP contribution in [0.3, 0.4) is 0 Å². The molecule has 2 aromatic carbocycles. The van der Waals surface area contributed by atoms with Gasteiger partial charge in [0.15, 0.2) is 10.8 Å². The molecule has 5 rings (SSSR count). The first kappa shape index (κ1) is 28.5. The number of nitrogens with one attached hydrogen (secondary N) is 1. The number of hydrogen-bond acceptors (Lipinski definition) is 7. The van der Waals surface area contributed by atoms with Crippen molar-refractivity contribution in [2.24, 2.45) is 0 Å². The average molecular weight is 579 g/mol. The van der Waals surface area contributed by atoms with Crippen LogP contribution < -0.4 is 5.32 Å². The molecule has 0 bridgehead atoms. The van der Waals surface area contributed by atoms with E-state index in [0.717, 1.165) is 26.8 Å². The maximum atomic E-state index is 14.3. The number of aliphatic carboxylic acids is 2. The van der Waals surface area contributed by atoms with Crippen molar-refractivity contribution in [3.63, 3.8) is 0 Å². The summed E-state index contributed by atoms with van der Waals surface area (Å²) in [5.74, 6) is -3.32. The van der Waals surface area contributed by atoms with Crippen molar-refractivity contribution in [1.29, 1.82) is 0 Å². The van der Waals surface area contributed by atoms with Gasteiger partial charge in [0.1, 0.15) is 11.3 Å². The number of aromatic nitrogens is 3. The van der Waals surface area contributed by atoms with Crippen molar-refractivity contribution in [3.05, 3.63) is 112 Å². The molecule has 0 aliphatic rings. The van der Waals surface area contributed by atoms with Gasteiger partial charge in [-0.05, 0) is 47.3 Å². The highest BCUT2D eigenvalue weighted by Crippen LogP contribution is 2.27. The second-order valence-corrected chi connectivity index (χ2v) is 10.3. The number of halogens is 1. The number of carbonyl (C=O) groups excluding carboxylic acids is 1. The summed E-state index contributed by atoms with van der Waals surface area (Å²) in [6.45, 7) is 0.881. The number of thioether (sulfide) groups is 1. The number of pyridine rings is 1. The van der Waals surface area contributed by atoms with Crippen LogP contribution in [-0.2, 0) is 28.4 Å². The number of thiophene rings is 1. The predicted molar refractivity (Wildman–Crippen MR) is 150 cm³/mol. The molecule has 9 nitrogen and oxygen atoms in total. The molecule has 204 valence electrons. The summed E-state index contributed by atoms with van der Waals surface area (Å²) < 4.78 is 16.3. The first-order valence-corrected chi connectivity index (χ1v) is 13.7. The first-order valence-electron chi connectivity index (χ1n) is 11.8. The Kier molecular flexibility index (Phi) is 9.60. The van der Waals surface area contributed by atoms with Gasteiger partial charge < -0.3 is 15.5 Å². The van der Waals surface area contributed by atoms with E-state index in [1.165, 1.54) is 6.07 Å². The number of fused-ring (bicyclic) bond motifs is 1. The van der Waals surface area contributed by atoms with Crippen LogP contribution in [0.2, 0.25) is 0 Å². The second kappa shape index (κ2) is 13.5. The van der Waals surface area contributed by atoms with Gasteiger partial charge in [0, 0.05) is 28.0 Å². The van der Waals surface area contributed by atoms with E-state index in [0.29, 0.717) is 30.0 Å². The molecule has 5 aromatic rings. The molecule has 0 radical (unpaired) electrons. The molecule has 0 saturated heterocycles. The number of rotatable bonds is 8. The summed E-state index contributed by atoms with van der Waals surface area (Å²) in [5, 5.41) is 20.5. The number of amides is 1. The van der Waals surface area contributed by atoms with Crippen LogP contribution in [0, 0.1) is 5.82 Å². The lowest BCUT2D eigenvalue weighted by molar-refractivity contribution is -0.159. The fraction of sp³-hybridized carbons (Fsp3) is 0.107. The molecule has 1 amide bonds. The highest BCUT2D eigenvalue weighted by molar-refractivity contribution is 7.98. The summed E-state index contributed by atoms with van der Waals surface area (Å²) in [6, 6.07) is 22.1. The standard InChI is InChI=1S/C26H21FN4OS2.C2H2O4/c27-22-7-2-1-5-20(22)16-31-24-23(8-3-13-28-24)30-26(31)34-17-18-9-11-19(12-10-18)25(32)29-15-21-6-4-14-33-21;3-1(4)2(5)6/h1-14H,15-17H2,(H,29,32);(H,3,4)(H,5,6). The van der Waals surface area contributed by atoms with Gasteiger partial charge in [-0.3, -0.25) is 9.36 Å². The van der Waals surface area contributed by atoms with Crippen LogP contribution in [0.1, 0.15) is 26.4 Å². The zero-order valence-corrected chi connectivity index (χ0v) is 22.5. The van der Waals surface area contributed by atoms with Gasteiger partial charge in [-0.1, -0.05) is 48.2 Å². The predicted octanol–water partition coefficient (Wildman–Crippen LogP) is 5.06. The molecule has 12 heteroatoms. The van der Waals surface area contributed by atoms with Crippen LogP contribution in [0.15, 0.2) is 89.5 Å². The summed E-state index contributed by atoms with van der Waals surface area (Å²) in [6.07, 6.45) is 1.72. The lowest BCUT2D eigenvalue weighted by atomic mass is 10.1. The number of benzene rings is 2. The Bertz CT molecular complexity index is 1610. The highest BCUT2D eigenvalue weighted by atomic mass is 32.2. The lowest BCUT2D eigenvalue weighted by Gasteiger charge is -2.10. The minimum Gasteiger partial charge on any atom is -0.473 e. The zero-order valence-electron chi connectivity index (χ0n) is 20.9. The van der Waals surface area contributed by atoms with Crippen LogP contribution in [-0.4, -0.2) is 42.6 Å². The minimum atomic E-state index is -1.82. The van der Waals surface area contributed by atoms with Gasteiger partial charge >= 0.3 is 11.9 Å². The fourth-order valence-corrected chi connectivity index (χ4v) is 5.17. The SMILES string of the molecule is O=C(NCc1cccs1)c1ccc(CSc2nc3cccnc3n2Cc2ccccc2F)cc1.O=C(O)C(=O)O. The number of carboxylic acid groups (broad SMARTS) is 2. The van der Waals surface area contributed by atoms with E-state index in [9.17, 15) is 9.18 Å². The van der Waals surface area contributed by atoms with Gasteiger partial charge in [0.2, 0.25) is 0 Å². The summed E-state index contributed by atoms with van der Waals surface area (Å²) in [4.78, 5) is 40.9. The quantitative estimate of drug-likeness (QED) is 0.172. The fourth-order valence-electron chi connectivity index (χ4n) is 3.57. The number of carboxylic acids is 2. The van der Waals surface area contributed by atoms with E-state index in [1.807, 2.05) is 64.5 Å². The van der Waals surface area contributed by atoms with Crippen LogP contribution in [0.4, 0.5) is 4.39 Å². The topological polar surface area (TPSA) is 134 Å². The Morgan fingerprint density at radius 2 is 1.70 bits per heavy atom. The summed E-state index contributed by atoms with van der Waals surface area (Å²) in [7, 11) is 0. The molecule has 3 aromatic heterocycles. The smallest absolute Gasteiger partial charge is 0.414 e. The van der Waals surface area contributed by atoms with Gasteiger partial charge in [-0.2, -0.15) is 0 Å². The van der Waals surface area contributed by atoms with Crippen molar-refractivity contribution in [2.75, 3.05) is 0 Å². The normalized spacial score (nSPS) is 10.5. The molecule has 0 fully saturated rings. The Morgan fingerprint density at radius 3 is 2.38 bits per heavy atom. The summed E-state index contributed by atoms with van der Waals surface area (Å²) in [5.41, 5.74) is 3.79. The molecule has 0 unspecified atom stereocenters. The van der Waals surface area contributed by atoms with E-state index in [1.54, 1.807) is 41.4 Å². The molecule has 3 heterocycles. The Balaban J connectivity index is 0.000000557. The second-order valence-electron chi connectivity index (χ2n) is 8.28. The third-order valence-electron chi connectivity index (χ3n) is 5.53.